The smallest absolute Gasteiger partial charge is 0.317 e. The second-order valence-corrected chi connectivity index (χ2v) is 5.03. The van der Waals surface area contributed by atoms with Gasteiger partial charge in [-0.05, 0) is 38.0 Å². The molecule has 118 valence electrons. The van der Waals surface area contributed by atoms with E-state index in [2.05, 4.69) is 5.32 Å². The van der Waals surface area contributed by atoms with Gasteiger partial charge in [0.2, 0.25) is 0 Å². The molecular formula is C14H19F3N2O2. The maximum atomic E-state index is 13.1. The van der Waals surface area contributed by atoms with Gasteiger partial charge < -0.3 is 15.3 Å². The maximum Gasteiger partial charge on any atom is 0.317 e. The van der Waals surface area contributed by atoms with Crippen molar-refractivity contribution in [1.82, 2.24) is 10.2 Å². The molecule has 0 fully saturated rings. The second-order valence-electron chi connectivity index (χ2n) is 5.03. The minimum atomic E-state index is -1.54. The van der Waals surface area contributed by atoms with Gasteiger partial charge in [0.15, 0.2) is 17.5 Å². The molecule has 0 unspecified atom stereocenters. The molecule has 7 heteroatoms. The first-order chi connectivity index (χ1) is 9.72. The molecule has 1 aromatic carbocycles. The summed E-state index contributed by atoms with van der Waals surface area (Å²) in [6.45, 7) is 3.48. The Bertz CT molecular complexity index is 486. The summed E-state index contributed by atoms with van der Waals surface area (Å²) in [5.41, 5.74) is 0.128. The standard InChI is InChI=1S/C14H19F3N2O2/c1-8(20)4-5-19(3)14(21)18-9(2)10-6-11(15)13(17)12(16)7-10/h6-9,20H,4-5H2,1-3H3,(H,18,21)/t8-,9+/m1/s1. The zero-order valence-electron chi connectivity index (χ0n) is 12.2. The first kappa shape index (κ1) is 17.3. The van der Waals surface area contributed by atoms with E-state index in [1.807, 2.05) is 0 Å². The summed E-state index contributed by atoms with van der Waals surface area (Å²) < 4.78 is 39.2. The Hall–Kier alpha value is -1.76. The Morgan fingerprint density at radius 3 is 2.29 bits per heavy atom. The molecule has 0 aliphatic carbocycles. The van der Waals surface area contributed by atoms with Crippen LogP contribution in [0.2, 0.25) is 0 Å². The molecule has 2 atom stereocenters. The Kier molecular flexibility index (Phi) is 6.02. The molecule has 2 amide bonds. The highest BCUT2D eigenvalue weighted by Crippen LogP contribution is 2.19. The number of aliphatic hydroxyl groups is 1. The number of nitrogens with zero attached hydrogens (tertiary/aromatic N) is 1. The minimum Gasteiger partial charge on any atom is -0.393 e. The van der Waals surface area contributed by atoms with Gasteiger partial charge in [-0.1, -0.05) is 0 Å². The van der Waals surface area contributed by atoms with Crippen LogP contribution in [0.4, 0.5) is 18.0 Å². The van der Waals surface area contributed by atoms with Crippen LogP contribution >= 0.6 is 0 Å². The SMILES string of the molecule is C[C@H](NC(=O)N(C)CC[C@@H](C)O)c1cc(F)c(F)c(F)c1. The number of hydrogen-bond donors (Lipinski definition) is 2. The highest BCUT2D eigenvalue weighted by atomic mass is 19.2. The van der Waals surface area contributed by atoms with Crippen molar-refractivity contribution in [2.24, 2.45) is 0 Å². The largest absolute Gasteiger partial charge is 0.393 e. The number of benzene rings is 1. The number of aliphatic hydroxyl groups excluding tert-OH is 1. The molecule has 0 aliphatic heterocycles. The molecule has 0 heterocycles. The number of nitrogens with one attached hydrogen (secondary N) is 1. The van der Waals surface area contributed by atoms with Crippen molar-refractivity contribution < 1.29 is 23.1 Å². The van der Waals surface area contributed by atoms with Crippen LogP contribution in [0, 0.1) is 17.5 Å². The Morgan fingerprint density at radius 2 is 1.81 bits per heavy atom. The number of rotatable bonds is 5. The summed E-state index contributed by atoms with van der Waals surface area (Å²) in [5, 5.41) is 11.7. The van der Waals surface area contributed by atoms with Crippen LogP contribution in [0.15, 0.2) is 12.1 Å². The lowest BCUT2D eigenvalue weighted by Crippen LogP contribution is -2.39. The fourth-order valence-corrected chi connectivity index (χ4v) is 1.69. The minimum absolute atomic E-state index is 0.128. The lowest BCUT2D eigenvalue weighted by Gasteiger charge is -2.22. The maximum absolute atomic E-state index is 13.1. The van der Waals surface area contributed by atoms with Crippen molar-refractivity contribution in [1.29, 1.82) is 0 Å². The van der Waals surface area contributed by atoms with E-state index in [-0.39, 0.29) is 5.56 Å². The highest BCUT2D eigenvalue weighted by Gasteiger charge is 2.17. The Labute approximate surface area is 121 Å². The molecule has 0 aliphatic rings. The first-order valence-corrected chi connectivity index (χ1v) is 6.56. The van der Waals surface area contributed by atoms with Crippen LogP contribution in [-0.2, 0) is 0 Å². The molecular weight excluding hydrogens is 285 g/mol. The first-order valence-electron chi connectivity index (χ1n) is 6.56. The van der Waals surface area contributed by atoms with Crippen LogP contribution in [0.3, 0.4) is 0 Å². The molecule has 2 N–H and O–H groups in total. The average Bonchev–Trinajstić information content (AvgIpc) is 2.41. The third kappa shape index (κ3) is 4.93. The number of amides is 2. The summed E-state index contributed by atoms with van der Waals surface area (Å²) in [6, 6.07) is 0.558. The molecule has 0 radical (unpaired) electrons. The van der Waals surface area contributed by atoms with Crippen LogP contribution < -0.4 is 5.32 Å². The number of carbonyl (C=O) groups excluding carboxylic acids is 1. The van der Waals surface area contributed by atoms with E-state index in [4.69, 9.17) is 5.11 Å². The predicted octanol–water partition coefficient (Wildman–Crippen LogP) is 2.58. The lowest BCUT2D eigenvalue weighted by molar-refractivity contribution is 0.162. The van der Waals surface area contributed by atoms with Gasteiger partial charge in [-0.3, -0.25) is 0 Å². The van der Waals surface area contributed by atoms with E-state index < -0.39 is 35.6 Å². The molecule has 4 nitrogen and oxygen atoms in total. The van der Waals surface area contributed by atoms with Crippen LogP contribution in [0.5, 0.6) is 0 Å². The van der Waals surface area contributed by atoms with Crippen LogP contribution in [-0.4, -0.2) is 35.7 Å². The summed E-state index contributed by atoms with van der Waals surface area (Å²) in [6.07, 6.45) is -0.115. The van der Waals surface area contributed by atoms with Crippen molar-refractivity contribution in [2.45, 2.75) is 32.4 Å². The van der Waals surface area contributed by atoms with Crippen molar-refractivity contribution >= 4 is 6.03 Å². The molecule has 0 bridgehead atoms. The van der Waals surface area contributed by atoms with E-state index in [9.17, 15) is 18.0 Å². The Balaban J connectivity index is 2.68. The van der Waals surface area contributed by atoms with Crippen LogP contribution in [0.25, 0.3) is 0 Å². The van der Waals surface area contributed by atoms with Gasteiger partial charge in [0, 0.05) is 13.6 Å². The summed E-state index contributed by atoms with van der Waals surface area (Å²) in [5.74, 6) is -4.13. The third-order valence-corrected chi connectivity index (χ3v) is 3.08. The Morgan fingerprint density at radius 1 is 1.29 bits per heavy atom. The van der Waals surface area contributed by atoms with Gasteiger partial charge in [-0.15, -0.1) is 0 Å². The molecule has 0 aromatic heterocycles. The number of hydrogen-bond acceptors (Lipinski definition) is 2. The topological polar surface area (TPSA) is 52.6 Å². The summed E-state index contributed by atoms with van der Waals surface area (Å²) in [4.78, 5) is 13.2. The van der Waals surface area contributed by atoms with Gasteiger partial charge in [0.1, 0.15) is 0 Å². The van der Waals surface area contributed by atoms with Gasteiger partial charge in [0.05, 0.1) is 12.1 Å². The van der Waals surface area contributed by atoms with Crippen molar-refractivity contribution in [2.75, 3.05) is 13.6 Å². The van der Waals surface area contributed by atoms with Crippen LogP contribution in [0.1, 0.15) is 31.9 Å². The van der Waals surface area contributed by atoms with E-state index in [0.29, 0.717) is 13.0 Å². The van der Waals surface area contributed by atoms with E-state index in [1.165, 1.54) is 18.9 Å². The van der Waals surface area contributed by atoms with Gasteiger partial charge in [0.25, 0.3) is 0 Å². The van der Waals surface area contributed by atoms with E-state index in [0.717, 1.165) is 12.1 Å². The normalized spacial score (nSPS) is 13.7. The van der Waals surface area contributed by atoms with Crippen molar-refractivity contribution in [3.63, 3.8) is 0 Å². The zero-order valence-corrected chi connectivity index (χ0v) is 12.2. The predicted molar refractivity (Wildman–Crippen MR) is 72.2 cm³/mol. The fourth-order valence-electron chi connectivity index (χ4n) is 1.69. The fraction of sp³-hybridized carbons (Fsp3) is 0.500. The summed E-state index contributed by atoms with van der Waals surface area (Å²) in [7, 11) is 1.54. The van der Waals surface area contributed by atoms with Crippen molar-refractivity contribution in [3.8, 4) is 0 Å². The highest BCUT2D eigenvalue weighted by molar-refractivity contribution is 5.74. The lowest BCUT2D eigenvalue weighted by atomic mass is 10.1. The average molecular weight is 304 g/mol. The number of carbonyl (C=O) groups is 1. The molecule has 21 heavy (non-hydrogen) atoms. The molecule has 1 rings (SSSR count). The molecule has 0 saturated carbocycles. The monoisotopic (exact) mass is 304 g/mol. The molecule has 1 aromatic rings. The zero-order chi connectivity index (χ0) is 16.2. The summed E-state index contributed by atoms with van der Waals surface area (Å²) >= 11 is 0. The van der Waals surface area contributed by atoms with Crippen molar-refractivity contribution in [3.05, 3.63) is 35.1 Å². The van der Waals surface area contributed by atoms with E-state index in [1.54, 1.807) is 6.92 Å². The van der Waals surface area contributed by atoms with Gasteiger partial charge in [-0.25, -0.2) is 18.0 Å². The number of urea groups is 1. The van der Waals surface area contributed by atoms with Gasteiger partial charge in [-0.2, -0.15) is 0 Å². The quantitative estimate of drug-likeness (QED) is 0.822. The molecule has 0 spiro atoms. The molecule has 0 saturated heterocycles. The van der Waals surface area contributed by atoms with Gasteiger partial charge >= 0.3 is 6.03 Å². The van der Waals surface area contributed by atoms with E-state index >= 15 is 0 Å². The third-order valence-electron chi connectivity index (χ3n) is 3.08. The number of halogens is 3. The second kappa shape index (κ2) is 7.31.